The Labute approximate surface area is 99.2 Å². The minimum atomic E-state index is 0.188. The molecule has 0 amide bonds. The third-order valence-corrected chi connectivity index (χ3v) is 3.59. The second kappa shape index (κ2) is 2.92. The van der Waals surface area contributed by atoms with Gasteiger partial charge in [-0.05, 0) is 11.1 Å². The molecule has 0 aromatic heterocycles. The Morgan fingerprint density at radius 1 is 0.824 bits per heavy atom. The van der Waals surface area contributed by atoms with Gasteiger partial charge in [0.1, 0.15) is 5.76 Å². The van der Waals surface area contributed by atoms with Crippen molar-refractivity contribution >= 4 is 11.5 Å². The third-order valence-electron chi connectivity index (χ3n) is 3.59. The van der Waals surface area contributed by atoms with E-state index in [1.165, 1.54) is 5.56 Å². The number of benzene rings is 2. The highest BCUT2D eigenvalue weighted by Gasteiger charge is 2.35. The Hall–Kier alpha value is -2.22. The van der Waals surface area contributed by atoms with Crippen LogP contribution < -0.4 is 5.32 Å². The monoisotopic (exact) mass is 221 g/mol. The van der Waals surface area contributed by atoms with E-state index in [1.54, 1.807) is 0 Å². The second-order valence-corrected chi connectivity index (χ2v) is 4.48. The van der Waals surface area contributed by atoms with E-state index in [0.29, 0.717) is 5.76 Å². The van der Waals surface area contributed by atoms with Crippen molar-refractivity contribution in [1.82, 2.24) is 5.32 Å². The summed E-state index contributed by atoms with van der Waals surface area (Å²) in [7, 11) is 0. The topological polar surface area (TPSA) is 32.3 Å². The third kappa shape index (κ3) is 0.998. The van der Waals surface area contributed by atoms with Crippen LogP contribution in [0.4, 0.5) is 0 Å². The number of aliphatic hydroxyl groups is 1. The minimum Gasteiger partial charge on any atom is -0.505 e. The number of nitrogens with one attached hydrogen (secondary N) is 1. The molecule has 0 saturated heterocycles. The molecule has 2 aliphatic rings. The van der Waals surface area contributed by atoms with Gasteiger partial charge in [0.05, 0.1) is 11.7 Å². The molecule has 2 aliphatic heterocycles. The molecule has 2 heteroatoms. The maximum atomic E-state index is 10.3. The number of hydrogen-bond acceptors (Lipinski definition) is 2. The molecule has 1 unspecified atom stereocenters. The van der Waals surface area contributed by atoms with Crippen LogP contribution >= 0.6 is 0 Å². The van der Waals surface area contributed by atoms with Crippen molar-refractivity contribution in [3.8, 4) is 0 Å². The van der Waals surface area contributed by atoms with Crippen molar-refractivity contribution < 1.29 is 5.11 Å². The predicted octanol–water partition coefficient (Wildman–Crippen LogP) is 3.08. The molecule has 82 valence electrons. The van der Waals surface area contributed by atoms with Gasteiger partial charge in [0.25, 0.3) is 0 Å². The smallest absolute Gasteiger partial charge is 0.146 e. The zero-order valence-electron chi connectivity index (χ0n) is 9.14. The molecule has 2 bridgehead atoms. The fourth-order valence-corrected chi connectivity index (χ4v) is 2.82. The van der Waals surface area contributed by atoms with Gasteiger partial charge in [-0.25, -0.2) is 0 Å². The number of aliphatic hydroxyl groups excluding tert-OH is 1. The van der Waals surface area contributed by atoms with E-state index >= 15 is 0 Å². The zero-order chi connectivity index (χ0) is 11.4. The molecular weight excluding hydrogens is 210 g/mol. The summed E-state index contributed by atoms with van der Waals surface area (Å²) in [4.78, 5) is 0. The van der Waals surface area contributed by atoms with Crippen LogP contribution in [0, 0.1) is 0 Å². The summed E-state index contributed by atoms with van der Waals surface area (Å²) >= 11 is 0. The average molecular weight is 221 g/mol. The predicted molar refractivity (Wildman–Crippen MR) is 67.3 cm³/mol. The SMILES string of the molecule is OC1=C2NC(c3ccccc31)c1ccccc12. The fourth-order valence-electron chi connectivity index (χ4n) is 2.82. The van der Waals surface area contributed by atoms with Gasteiger partial charge in [-0.1, -0.05) is 48.5 Å². The van der Waals surface area contributed by atoms with Gasteiger partial charge in [0.15, 0.2) is 0 Å². The van der Waals surface area contributed by atoms with Crippen molar-refractivity contribution in [2.24, 2.45) is 0 Å². The lowest BCUT2D eigenvalue weighted by Crippen LogP contribution is -2.19. The van der Waals surface area contributed by atoms with Crippen LogP contribution in [0.5, 0.6) is 0 Å². The van der Waals surface area contributed by atoms with E-state index < -0.39 is 0 Å². The van der Waals surface area contributed by atoms with Crippen molar-refractivity contribution in [2.75, 3.05) is 0 Å². The summed E-state index contributed by atoms with van der Waals surface area (Å²) in [5, 5.41) is 13.7. The summed E-state index contributed by atoms with van der Waals surface area (Å²) in [6.45, 7) is 0. The molecule has 17 heavy (non-hydrogen) atoms. The van der Waals surface area contributed by atoms with Gasteiger partial charge in [-0.2, -0.15) is 0 Å². The van der Waals surface area contributed by atoms with Gasteiger partial charge >= 0.3 is 0 Å². The average Bonchev–Trinajstić information content (AvgIpc) is 2.73. The fraction of sp³-hybridized carbons (Fsp3) is 0.0667. The van der Waals surface area contributed by atoms with E-state index in [9.17, 15) is 5.11 Å². The minimum absolute atomic E-state index is 0.188. The van der Waals surface area contributed by atoms with E-state index in [-0.39, 0.29) is 6.04 Å². The van der Waals surface area contributed by atoms with Gasteiger partial charge in [-0.3, -0.25) is 0 Å². The van der Waals surface area contributed by atoms with Crippen molar-refractivity contribution in [3.63, 3.8) is 0 Å². The highest BCUT2D eigenvalue weighted by atomic mass is 16.3. The first-order valence-corrected chi connectivity index (χ1v) is 5.74. The molecule has 2 nitrogen and oxygen atoms in total. The van der Waals surface area contributed by atoms with Gasteiger partial charge in [-0.15, -0.1) is 0 Å². The normalized spacial score (nSPS) is 19.6. The molecule has 0 radical (unpaired) electrons. The van der Waals surface area contributed by atoms with Crippen molar-refractivity contribution in [2.45, 2.75) is 6.04 Å². The maximum absolute atomic E-state index is 10.3. The lowest BCUT2D eigenvalue weighted by Gasteiger charge is -2.22. The van der Waals surface area contributed by atoms with Crippen LogP contribution in [0.2, 0.25) is 0 Å². The Bertz CT molecular complexity index is 651. The molecule has 0 saturated carbocycles. The highest BCUT2D eigenvalue weighted by Crippen LogP contribution is 2.45. The Morgan fingerprint density at radius 2 is 1.41 bits per heavy atom. The van der Waals surface area contributed by atoms with E-state index in [4.69, 9.17) is 0 Å². The summed E-state index contributed by atoms with van der Waals surface area (Å²) in [6, 6.07) is 16.4. The van der Waals surface area contributed by atoms with Crippen LogP contribution in [-0.4, -0.2) is 5.11 Å². The first-order chi connectivity index (χ1) is 8.36. The lowest BCUT2D eigenvalue weighted by atomic mass is 9.95. The molecule has 2 heterocycles. The van der Waals surface area contributed by atoms with Gasteiger partial charge in [0, 0.05) is 11.1 Å². The van der Waals surface area contributed by atoms with E-state index in [0.717, 1.165) is 22.4 Å². The molecule has 2 N–H and O–H groups in total. The maximum Gasteiger partial charge on any atom is 0.146 e. The molecule has 0 fully saturated rings. The lowest BCUT2D eigenvalue weighted by molar-refractivity contribution is 0.504. The highest BCUT2D eigenvalue weighted by molar-refractivity contribution is 5.93. The molecule has 1 atom stereocenters. The Kier molecular flexibility index (Phi) is 1.52. The molecule has 4 rings (SSSR count). The van der Waals surface area contributed by atoms with E-state index in [1.807, 2.05) is 30.3 Å². The summed E-state index contributed by atoms with van der Waals surface area (Å²) in [5.41, 5.74) is 5.33. The largest absolute Gasteiger partial charge is 0.505 e. The number of fused-ring (bicyclic) bond motifs is 7. The number of rotatable bonds is 0. The van der Waals surface area contributed by atoms with Crippen molar-refractivity contribution in [3.05, 3.63) is 70.8 Å². The van der Waals surface area contributed by atoms with Crippen LogP contribution in [0.3, 0.4) is 0 Å². The first-order valence-electron chi connectivity index (χ1n) is 5.74. The quantitative estimate of drug-likeness (QED) is 0.716. The van der Waals surface area contributed by atoms with E-state index in [2.05, 4.69) is 23.5 Å². The van der Waals surface area contributed by atoms with Crippen LogP contribution in [0.25, 0.3) is 11.5 Å². The molecular formula is C15H11NO. The van der Waals surface area contributed by atoms with Crippen molar-refractivity contribution in [1.29, 1.82) is 0 Å². The Balaban J connectivity index is 2.11. The molecule has 2 aromatic rings. The van der Waals surface area contributed by atoms with Crippen LogP contribution in [0.1, 0.15) is 28.3 Å². The van der Waals surface area contributed by atoms with Crippen LogP contribution in [-0.2, 0) is 0 Å². The Morgan fingerprint density at radius 3 is 2.18 bits per heavy atom. The summed E-state index contributed by atoms with van der Waals surface area (Å²) in [6.07, 6.45) is 0. The zero-order valence-corrected chi connectivity index (χ0v) is 9.14. The molecule has 0 spiro atoms. The standard InChI is InChI=1S/C15H11NO/c17-15-12-8-4-3-7-11(12)13-9-5-1-2-6-10(9)14(15)16-13/h1-8,13,16-17H. The summed E-state index contributed by atoms with van der Waals surface area (Å²) < 4.78 is 0. The van der Waals surface area contributed by atoms with Gasteiger partial charge in [0.2, 0.25) is 0 Å². The second-order valence-electron chi connectivity index (χ2n) is 4.48. The number of hydrogen-bond donors (Lipinski definition) is 2. The first kappa shape index (κ1) is 8.88. The van der Waals surface area contributed by atoms with Gasteiger partial charge < -0.3 is 10.4 Å². The molecule has 0 aliphatic carbocycles. The molecule has 2 aromatic carbocycles. The summed E-state index contributed by atoms with van der Waals surface area (Å²) in [5.74, 6) is 0.363. The van der Waals surface area contributed by atoms with Crippen LogP contribution in [0.15, 0.2) is 48.5 Å².